The molecule has 1 aliphatic carbocycles. The standard InChI is InChI=1S/C24H28N4O4S2/c1-2-16-5-3-8-20(13-16)25-23(29)17-9-11-28(12-10-17)34(30,31)21-14-19(15-33-21)22-26-24(32-27-22)18-6-4-7-18/h3,5,8,13-15,17-18H,2,4,6-7,9-12H2,1H3,(H,25,29). The molecule has 0 radical (unpaired) electrons. The Balaban J connectivity index is 1.20. The third-order valence-electron chi connectivity index (χ3n) is 6.75. The van der Waals surface area contributed by atoms with Gasteiger partial charge in [-0.1, -0.05) is 30.6 Å². The highest BCUT2D eigenvalue weighted by atomic mass is 32.2. The zero-order valence-corrected chi connectivity index (χ0v) is 20.7. The van der Waals surface area contributed by atoms with Gasteiger partial charge in [-0.15, -0.1) is 11.3 Å². The van der Waals surface area contributed by atoms with Gasteiger partial charge >= 0.3 is 0 Å². The van der Waals surface area contributed by atoms with Crippen molar-refractivity contribution in [3.05, 3.63) is 47.2 Å². The van der Waals surface area contributed by atoms with Gasteiger partial charge < -0.3 is 9.84 Å². The molecular formula is C24H28N4O4S2. The molecular weight excluding hydrogens is 472 g/mol. The van der Waals surface area contributed by atoms with Crippen LogP contribution >= 0.6 is 11.3 Å². The summed E-state index contributed by atoms with van der Waals surface area (Å²) in [7, 11) is -3.64. The Morgan fingerprint density at radius 1 is 1.21 bits per heavy atom. The summed E-state index contributed by atoms with van der Waals surface area (Å²) in [5.41, 5.74) is 2.60. The van der Waals surface area contributed by atoms with Crippen LogP contribution in [-0.4, -0.2) is 41.9 Å². The van der Waals surface area contributed by atoms with Crippen LogP contribution in [0.3, 0.4) is 0 Å². The van der Waals surface area contributed by atoms with Gasteiger partial charge in [-0.25, -0.2) is 8.42 Å². The van der Waals surface area contributed by atoms with Crippen LogP contribution in [0.15, 0.2) is 44.4 Å². The highest BCUT2D eigenvalue weighted by Gasteiger charge is 2.33. The third-order valence-corrected chi connectivity index (χ3v) is 10.1. The Labute approximate surface area is 203 Å². The first-order chi connectivity index (χ1) is 16.4. The summed E-state index contributed by atoms with van der Waals surface area (Å²) in [4.78, 5) is 17.2. The molecule has 0 atom stereocenters. The summed E-state index contributed by atoms with van der Waals surface area (Å²) < 4.78 is 33.5. The van der Waals surface area contributed by atoms with Crippen LogP contribution in [0.1, 0.15) is 56.4 Å². The van der Waals surface area contributed by atoms with E-state index < -0.39 is 10.0 Å². The maximum Gasteiger partial charge on any atom is 0.252 e. The van der Waals surface area contributed by atoms with E-state index in [1.807, 2.05) is 24.3 Å². The molecule has 0 bridgehead atoms. The first-order valence-electron chi connectivity index (χ1n) is 11.8. The van der Waals surface area contributed by atoms with Gasteiger partial charge in [0, 0.05) is 41.6 Å². The SMILES string of the molecule is CCc1cccc(NC(=O)C2CCN(S(=O)(=O)c3cc(-c4noc(C5CCC5)n4)cs3)CC2)c1. The molecule has 10 heteroatoms. The molecule has 1 aromatic carbocycles. The lowest BCUT2D eigenvalue weighted by Crippen LogP contribution is -2.41. The lowest BCUT2D eigenvalue weighted by molar-refractivity contribution is -0.120. The van der Waals surface area contributed by atoms with Crippen molar-refractivity contribution in [1.82, 2.24) is 14.4 Å². The highest BCUT2D eigenvalue weighted by molar-refractivity contribution is 7.91. The van der Waals surface area contributed by atoms with Crippen molar-refractivity contribution in [3.8, 4) is 11.4 Å². The third kappa shape index (κ3) is 4.67. The predicted octanol–water partition coefficient (Wildman–Crippen LogP) is 4.67. The number of aromatic nitrogens is 2. The second kappa shape index (κ2) is 9.59. The molecule has 2 aromatic heterocycles. The Morgan fingerprint density at radius 2 is 2.00 bits per heavy atom. The van der Waals surface area contributed by atoms with Gasteiger partial charge in [0.25, 0.3) is 10.0 Å². The van der Waals surface area contributed by atoms with Crippen molar-refractivity contribution >= 4 is 33.0 Å². The first-order valence-corrected chi connectivity index (χ1v) is 14.1. The van der Waals surface area contributed by atoms with Crippen LogP contribution in [0.2, 0.25) is 0 Å². The molecule has 2 aliphatic rings. The van der Waals surface area contributed by atoms with Crippen molar-refractivity contribution in [3.63, 3.8) is 0 Å². The van der Waals surface area contributed by atoms with Gasteiger partial charge in [-0.2, -0.15) is 9.29 Å². The van der Waals surface area contributed by atoms with Crippen molar-refractivity contribution in [2.75, 3.05) is 18.4 Å². The van der Waals surface area contributed by atoms with E-state index in [2.05, 4.69) is 22.4 Å². The van der Waals surface area contributed by atoms with E-state index in [0.29, 0.717) is 49.1 Å². The van der Waals surface area contributed by atoms with Crippen LogP contribution in [-0.2, 0) is 21.2 Å². The minimum absolute atomic E-state index is 0.0527. The number of nitrogens with zero attached hydrogens (tertiary/aromatic N) is 3. The molecule has 3 heterocycles. The van der Waals surface area contributed by atoms with Gasteiger partial charge in [-0.3, -0.25) is 4.79 Å². The second-order valence-corrected chi connectivity index (χ2v) is 12.0. The summed E-state index contributed by atoms with van der Waals surface area (Å²) in [6.07, 6.45) is 5.18. The fourth-order valence-corrected chi connectivity index (χ4v) is 7.12. The van der Waals surface area contributed by atoms with E-state index >= 15 is 0 Å². The molecule has 180 valence electrons. The smallest absolute Gasteiger partial charge is 0.252 e. The molecule has 1 aliphatic heterocycles. The number of anilines is 1. The number of nitrogens with one attached hydrogen (secondary N) is 1. The summed E-state index contributed by atoms with van der Waals surface area (Å²) in [5.74, 6) is 1.14. The lowest BCUT2D eigenvalue weighted by Gasteiger charge is -2.30. The fraction of sp³-hybridized carbons (Fsp3) is 0.458. The monoisotopic (exact) mass is 500 g/mol. The van der Waals surface area contributed by atoms with Crippen LogP contribution in [0.5, 0.6) is 0 Å². The van der Waals surface area contributed by atoms with Crippen LogP contribution in [0.4, 0.5) is 5.69 Å². The fourth-order valence-electron chi connectivity index (χ4n) is 4.34. The second-order valence-electron chi connectivity index (χ2n) is 8.96. The number of carbonyl (C=O) groups excluding carboxylic acids is 1. The average molecular weight is 501 g/mol. The Bertz CT molecular complexity index is 1270. The quantitative estimate of drug-likeness (QED) is 0.506. The predicted molar refractivity (Wildman–Crippen MR) is 130 cm³/mol. The molecule has 1 saturated heterocycles. The van der Waals surface area contributed by atoms with Crippen molar-refractivity contribution in [2.24, 2.45) is 5.92 Å². The van der Waals surface area contributed by atoms with Crippen LogP contribution < -0.4 is 5.32 Å². The van der Waals surface area contributed by atoms with Crippen LogP contribution in [0.25, 0.3) is 11.4 Å². The van der Waals surface area contributed by atoms with Crippen molar-refractivity contribution in [1.29, 1.82) is 0 Å². The normalized spacial score (nSPS) is 18.0. The number of amides is 1. The minimum Gasteiger partial charge on any atom is -0.339 e. The van der Waals surface area contributed by atoms with Gasteiger partial charge in [0.15, 0.2) is 0 Å². The van der Waals surface area contributed by atoms with Gasteiger partial charge in [0.05, 0.1) is 0 Å². The number of hydrogen-bond acceptors (Lipinski definition) is 7. The zero-order valence-electron chi connectivity index (χ0n) is 19.1. The van der Waals surface area contributed by atoms with E-state index in [1.54, 1.807) is 11.4 Å². The molecule has 0 unspecified atom stereocenters. The Morgan fingerprint density at radius 3 is 2.71 bits per heavy atom. The molecule has 34 heavy (non-hydrogen) atoms. The van der Waals surface area contributed by atoms with E-state index in [1.165, 1.54) is 10.7 Å². The maximum absolute atomic E-state index is 13.2. The number of aryl methyl sites for hydroxylation is 1. The molecule has 1 amide bonds. The average Bonchev–Trinajstić information content (AvgIpc) is 3.48. The molecule has 1 saturated carbocycles. The van der Waals surface area contributed by atoms with Crippen LogP contribution in [0, 0.1) is 5.92 Å². The largest absolute Gasteiger partial charge is 0.339 e. The highest BCUT2D eigenvalue weighted by Crippen LogP contribution is 2.37. The summed E-state index contributed by atoms with van der Waals surface area (Å²) in [5, 5.41) is 8.78. The van der Waals surface area contributed by atoms with E-state index in [0.717, 1.165) is 41.9 Å². The molecule has 2 fully saturated rings. The molecule has 0 spiro atoms. The number of benzene rings is 1. The van der Waals surface area contributed by atoms with Crippen molar-refractivity contribution < 1.29 is 17.7 Å². The van der Waals surface area contributed by atoms with Gasteiger partial charge in [-0.05, 0) is 55.9 Å². The minimum atomic E-state index is -3.64. The molecule has 8 nitrogen and oxygen atoms in total. The number of rotatable bonds is 7. The first kappa shape index (κ1) is 23.2. The Kier molecular flexibility index (Phi) is 6.54. The Hall–Kier alpha value is -2.56. The maximum atomic E-state index is 13.2. The number of hydrogen-bond donors (Lipinski definition) is 1. The summed E-state index contributed by atoms with van der Waals surface area (Å²) >= 11 is 1.16. The number of carbonyl (C=O) groups is 1. The summed E-state index contributed by atoms with van der Waals surface area (Å²) in [6, 6.07) is 9.44. The molecule has 1 N–H and O–H groups in total. The number of sulfonamides is 1. The molecule has 5 rings (SSSR count). The lowest BCUT2D eigenvalue weighted by atomic mass is 9.85. The topological polar surface area (TPSA) is 105 Å². The van der Waals surface area contributed by atoms with E-state index in [4.69, 9.17) is 4.52 Å². The van der Waals surface area contributed by atoms with Gasteiger partial charge in [0.2, 0.25) is 17.6 Å². The van der Waals surface area contributed by atoms with E-state index in [-0.39, 0.29) is 16.0 Å². The zero-order chi connectivity index (χ0) is 23.7. The number of thiophene rings is 1. The van der Waals surface area contributed by atoms with Crippen molar-refractivity contribution in [2.45, 2.75) is 55.6 Å². The molecule has 3 aromatic rings. The number of piperidine rings is 1. The summed E-state index contributed by atoms with van der Waals surface area (Å²) in [6.45, 7) is 2.70. The van der Waals surface area contributed by atoms with Gasteiger partial charge in [0.1, 0.15) is 4.21 Å². The van der Waals surface area contributed by atoms with E-state index in [9.17, 15) is 13.2 Å².